The monoisotopic (exact) mass is 366 g/mol. The quantitative estimate of drug-likeness (QED) is 0.834. The number of nitrogens with two attached hydrogens (primary N) is 1. The number of amides is 1. The second-order valence-corrected chi connectivity index (χ2v) is 8.77. The Kier molecular flexibility index (Phi) is 5.78. The molecular weight excluding hydrogens is 336 g/mol. The minimum absolute atomic E-state index is 0.0433. The molecule has 0 spiro atoms. The third-order valence-electron chi connectivity index (χ3n) is 5.42. The van der Waals surface area contributed by atoms with Crippen molar-refractivity contribution in [3.63, 3.8) is 0 Å². The van der Waals surface area contributed by atoms with Crippen molar-refractivity contribution in [2.75, 3.05) is 26.2 Å². The molecule has 3 rings (SSSR count). The Morgan fingerprint density at radius 2 is 2.16 bits per heavy atom. The standard InChI is InChI=1S/C18H30N4O2S/c1-17(2)13-22(8-9-24-17)18(6-4-3-5-7-18)12-20-16(23)14-11-25-15(10-19)21-14/h11H,3-10,12-13,19H2,1-2H3,(H,20,23). The van der Waals surface area contributed by atoms with Crippen LogP contribution in [-0.2, 0) is 11.3 Å². The van der Waals surface area contributed by atoms with Gasteiger partial charge >= 0.3 is 0 Å². The number of nitrogens with zero attached hydrogens (tertiary/aromatic N) is 2. The number of aromatic nitrogens is 1. The highest BCUT2D eigenvalue weighted by Crippen LogP contribution is 2.36. The van der Waals surface area contributed by atoms with Crippen molar-refractivity contribution >= 4 is 17.2 Å². The van der Waals surface area contributed by atoms with E-state index in [1.54, 1.807) is 5.38 Å². The fourth-order valence-corrected chi connectivity index (χ4v) is 4.74. The number of carbonyl (C=O) groups excluding carboxylic acids is 1. The Balaban J connectivity index is 1.69. The molecular formula is C18H30N4O2S. The summed E-state index contributed by atoms with van der Waals surface area (Å²) in [4.78, 5) is 19.4. The normalized spacial score (nSPS) is 23.3. The van der Waals surface area contributed by atoms with Crippen LogP contribution in [-0.4, -0.2) is 53.2 Å². The smallest absolute Gasteiger partial charge is 0.270 e. The number of morpholine rings is 1. The Morgan fingerprint density at radius 1 is 1.40 bits per heavy atom. The molecule has 0 aromatic carbocycles. The van der Waals surface area contributed by atoms with Crippen LogP contribution in [0, 0.1) is 0 Å². The highest BCUT2D eigenvalue weighted by Gasteiger charge is 2.42. The van der Waals surface area contributed by atoms with E-state index in [1.165, 1.54) is 30.6 Å². The van der Waals surface area contributed by atoms with Crippen molar-refractivity contribution in [1.29, 1.82) is 0 Å². The van der Waals surface area contributed by atoms with Crippen molar-refractivity contribution in [1.82, 2.24) is 15.2 Å². The van der Waals surface area contributed by atoms with Gasteiger partial charge in [-0.3, -0.25) is 9.69 Å². The van der Waals surface area contributed by atoms with Gasteiger partial charge in [-0.05, 0) is 26.7 Å². The van der Waals surface area contributed by atoms with E-state index in [0.29, 0.717) is 18.8 Å². The van der Waals surface area contributed by atoms with Crippen molar-refractivity contribution in [3.05, 3.63) is 16.1 Å². The molecule has 0 unspecified atom stereocenters. The maximum Gasteiger partial charge on any atom is 0.270 e. The van der Waals surface area contributed by atoms with Gasteiger partial charge in [0, 0.05) is 37.1 Å². The molecule has 1 amide bonds. The van der Waals surface area contributed by atoms with Crippen LogP contribution in [0.2, 0.25) is 0 Å². The van der Waals surface area contributed by atoms with Gasteiger partial charge in [0.15, 0.2) is 0 Å². The van der Waals surface area contributed by atoms with Crippen LogP contribution in [0.5, 0.6) is 0 Å². The Labute approximate surface area is 154 Å². The van der Waals surface area contributed by atoms with E-state index in [0.717, 1.165) is 37.5 Å². The molecule has 6 nitrogen and oxygen atoms in total. The van der Waals surface area contributed by atoms with Gasteiger partial charge < -0.3 is 15.8 Å². The molecule has 2 aliphatic rings. The molecule has 0 bridgehead atoms. The minimum Gasteiger partial charge on any atom is -0.373 e. The molecule has 1 aliphatic heterocycles. The highest BCUT2D eigenvalue weighted by atomic mass is 32.1. The summed E-state index contributed by atoms with van der Waals surface area (Å²) in [6.45, 7) is 7.97. The zero-order valence-corrected chi connectivity index (χ0v) is 16.2. The van der Waals surface area contributed by atoms with Crippen molar-refractivity contribution in [2.24, 2.45) is 5.73 Å². The fourth-order valence-electron chi connectivity index (χ4n) is 4.08. The lowest BCUT2D eigenvalue weighted by Gasteiger charge is -2.51. The van der Waals surface area contributed by atoms with E-state index in [4.69, 9.17) is 10.5 Å². The number of rotatable bonds is 5. The van der Waals surface area contributed by atoms with Crippen LogP contribution in [0.4, 0.5) is 0 Å². The van der Waals surface area contributed by atoms with Gasteiger partial charge in [-0.1, -0.05) is 19.3 Å². The summed E-state index contributed by atoms with van der Waals surface area (Å²) < 4.78 is 5.89. The van der Waals surface area contributed by atoms with Crippen LogP contribution in [0.25, 0.3) is 0 Å². The summed E-state index contributed by atoms with van der Waals surface area (Å²) in [5, 5.41) is 5.75. The Bertz CT molecular complexity index is 596. The van der Waals surface area contributed by atoms with E-state index >= 15 is 0 Å². The van der Waals surface area contributed by atoms with Crippen LogP contribution < -0.4 is 11.1 Å². The molecule has 1 aromatic rings. The van der Waals surface area contributed by atoms with E-state index in [1.807, 2.05) is 0 Å². The van der Waals surface area contributed by atoms with Crippen molar-refractivity contribution in [3.8, 4) is 0 Å². The molecule has 2 fully saturated rings. The number of nitrogens with one attached hydrogen (secondary N) is 1. The number of hydrogen-bond acceptors (Lipinski definition) is 6. The fraction of sp³-hybridized carbons (Fsp3) is 0.778. The third kappa shape index (κ3) is 4.39. The molecule has 2 heterocycles. The van der Waals surface area contributed by atoms with Crippen molar-refractivity contribution < 1.29 is 9.53 Å². The predicted molar refractivity (Wildman–Crippen MR) is 99.8 cm³/mol. The summed E-state index contributed by atoms with van der Waals surface area (Å²) in [5.74, 6) is -0.0894. The lowest BCUT2D eigenvalue weighted by molar-refractivity contribution is -0.122. The second kappa shape index (κ2) is 7.70. The van der Waals surface area contributed by atoms with Crippen LogP contribution in [0.1, 0.15) is 61.4 Å². The summed E-state index contributed by atoms with van der Waals surface area (Å²) >= 11 is 1.44. The van der Waals surface area contributed by atoms with Gasteiger partial charge in [-0.25, -0.2) is 4.98 Å². The van der Waals surface area contributed by atoms with E-state index in [9.17, 15) is 4.79 Å². The predicted octanol–water partition coefficient (Wildman–Crippen LogP) is 2.15. The summed E-state index contributed by atoms with van der Waals surface area (Å²) in [6, 6.07) is 0. The van der Waals surface area contributed by atoms with E-state index in [2.05, 4.69) is 29.0 Å². The largest absolute Gasteiger partial charge is 0.373 e. The lowest BCUT2D eigenvalue weighted by atomic mass is 9.79. The molecule has 0 radical (unpaired) electrons. The number of hydrogen-bond donors (Lipinski definition) is 2. The first kappa shape index (κ1) is 18.8. The van der Waals surface area contributed by atoms with Gasteiger partial charge in [0.1, 0.15) is 10.7 Å². The average molecular weight is 367 g/mol. The zero-order chi connectivity index (χ0) is 17.9. The number of carbonyl (C=O) groups is 1. The third-order valence-corrected chi connectivity index (χ3v) is 6.29. The van der Waals surface area contributed by atoms with Gasteiger partial charge in [0.25, 0.3) is 5.91 Å². The first-order chi connectivity index (χ1) is 11.9. The van der Waals surface area contributed by atoms with Gasteiger partial charge in [-0.15, -0.1) is 11.3 Å². The number of thiazole rings is 1. The molecule has 1 saturated carbocycles. The zero-order valence-electron chi connectivity index (χ0n) is 15.3. The summed E-state index contributed by atoms with van der Waals surface area (Å²) in [7, 11) is 0. The minimum atomic E-state index is -0.127. The SMILES string of the molecule is CC1(C)CN(C2(CNC(=O)c3csc(CN)n3)CCCCC2)CCO1. The van der Waals surface area contributed by atoms with E-state index < -0.39 is 0 Å². The lowest BCUT2D eigenvalue weighted by Crippen LogP contribution is -2.63. The second-order valence-electron chi connectivity index (χ2n) is 7.83. The van der Waals surface area contributed by atoms with Gasteiger partial charge in [0.2, 0.25) is 0 Å². The molecule has 0 atom stereocenters. The van der Waals surface area contributed by atoms with Crippen LogP contribution >= 0.6 is 11.3 Å². The molecule has 7 heteroatoms. The Hall–Kier alpha value is -1.02. The molecule has 140 valence electrons. The maximum absolute atomic E-state index is 12.5. The molecule has 3 N–H and O–H groups in total. The first-order valence-electron chi connectivity index (χ1n) is 9.26. The van der Waals surface area contributed by atoms with Crippen LogP contribution in [0.15, 0.2) is 5.38 Å². The first-order valence-corrected chi connectivity index (χ1v) is 10.1. The molecule has 1 aliphatic carbocycles. The highest BCUT2D eigenvalue weighted by molar-refractivity contribution is 7.09. The van der Waals surface area contributed by atoms with E-state index in [-0.39, 0.29) is 17.0 Å². The van der Waals surface area contributed by atoms with Gasteiger partial charge in [-0.2, -0.15) is 0 Å². The summed E-state index contributed by atoms with van der Waals surface area (Å²) in [5.41, 5.74) is 6.00. The van der Waals surface area contributed by atoms with Gasteiger partial charge in [0.05, 0.1) is 12.2 Å². The maximum atomic E-state index is 12.5. The average Bonchev–Trinajstić information content (AvgIpc) is 3.09. The molecule has 25 heavy (non-hydrogen) atoms. The molecule has 1 saturated heterocycles. The topological polar surface area (TPSA) is 80.5 Å². The van der Waals surface area contributed by atoms with Crippen LogP contribution in [0.3, 0.4) is 0 Å². The van der Waals surface area contributed by atoms with Crippen molar-refractivity contribution in [2.45, 2.75) is 63.6 Å². The Morgan fingerprint density at radius 3 is 2.80 bits per heavy atom. The molecule has 1 aromatic heterocycles. The summed E-state index contributed by atoms with van der Waals surface area (Å²) in [6.07, 6.45) is 6.00. The number of ether oxygens (including phenoxy) is 1.